The van der Waals surface area contributed by atoms with Crippen LogP contribution in [-0.2, 0) is 22.0 Å². The Kier molecular flexibility index (Phi) is 6.52. The molecule has 1 N–H and O–H groups in total. The van der Waals surface area contributed by atoms with Crippen molar-refractivity contribution in [3.05, 3.63) is 59.2 Å². The molecule has 0 saturated carbocycles. The van der Waals surface area contributed by atoms with Gasteiger partial charge in [0.1, 0.15) is 5.75 Å². The van der Waals surface area contributed by atoms with Gasteiger partial charge in [-0.1, -0.05) is 45.0 Å². The second kappa shape index (κ2) is 8.32. The van der Waals surface area contributed by atoms with Crippen molar-refractivity contribution >= 4 is 15.9 Å². The van der Waals surface area contributed by atoms with Crippen LogP contribution in [0.4, 0.5) is 0 Å². The highest BCUT2D eigenvalue weighted by molar-refractivity contribution is 7.89. The molecule has 2 rings (SSSR count). The average molecular weight is 405 g/mol. The molecule has 6 nitrogen and oxygen atoms in total. The highest BCUT2D eigenvalue weighted by atomic mass is 32.2. The van der Waals surface area contributed by atoms with Crippen molar-refractivity contribution in [1.29, 1.82) is 0 Å². The normalized spacial score (nSPS) is 12.1. The van der Waals surface area contributed by atoms with E-state index in [4.69, 9.17) is 4.74 Å². The van der Waals surface area contributed by atoms with Gasteiger partial charge < -0.3 is 10.1 Å². The van der Waals surface area contributed by atoms with Gasteiger partial charge in [0.2, 0.25) is 10.0 Å². The molecule has 2 aromatic carbocycles. The first kappa shape index (κ1) is 21.9. The fourth-order valence-corrected chi connectivity index (χ4v) is 3.98. The maximum absolute atomic E-state index is 13.0. The smallest absolute Gasteiger partial charge is 0.254 e. The van der Waals surface area contributed by atoms with Crippen LogP contribution in [0.2, 0.25) is 0 Å². The van der Waals surface area contributed by atoms with Crippen LogP contribution < -0.4 is 10.1 Å². The maximum Gasteiger partial charge on any atom is 0.254 e. The lowest BCUT2D eigenvalue weighted by atomic mass is 9.87. The van der Waals surface area contributed by atoms with Crippen LogP contribution in [0.15, 0.2) is 47.4 Å². The SMILES string of the molecule is CNC(=O)c1cc(S(=O)(=O)N(C)Cc2ccc(C(C)(C)C)cc2)ccc1OC. The van der Waals surface area contributed by atoms with E-state index in [1.54, 1.807) is 0 Å². The van der Waals surface area contributed by atoms with Crippen molar-refractivity contribution in [2.24, 2.45) is 0 Å². The molecule has 2 aromatic rings. The Labute approximate surface area is 167 Å². The van der Waals surface area contributed by atoms with Crippen LogP contribution in [0.5, 0.6) is 5.75 Å². The van der Waals surface area contributed by atoms with Crippen molar-refractivity contribution in [1.82, 2.24) is 9.62 Å². The highest BCUT2D eigenvalue weighted by Crippen LogP contribution is 2.26. The first-order valence-electron chi connectivity index (χ1n) is 8.96. The number of nitrogens with zero attached hydrogens (tertiary/aromatic N) is 1. The molecular formula is C21H28N2O4S. The second-order valence-corrected chi connectivity index (χ2v) is 9.69. The number of rotatable bonds is 6. The van der Waals surface area contributed by atoms with E-state index in [1.807, 2.05) is 24.3 Å². The number of benzene rings is 2. The lowest BCUT2D eigenvalue weighted by Crippen LogP contribution is -2.27. The standard InChI is InChI=1S/C21H28N2O4S/c1-21(2,3)16-9-7-15(8-10-16)14-23(5)28(25,26)17-11-12-19(27-6)18(13-17)20(24)22-4/h7-13H,14H2,1-6H3,(H,22,24). The number of nitrogens with one attached hydrogen (secondary N) is 1. The molecule has 0 spiro atoms. The third-order valence-corrected chi connectivity index (χ3v) is 6.38. The topological polar surface area (TPSA) is 75.7 Å². The summed E-state index contributed by atoms with van der Waals surface area (Å²) >= 11 is 0. The number of hydrogen-bond acceptors (Lipinski definition) is 4. The summed E-state index contributed by atoms with van der Waals surface area (Å²) in [7, 11) is 0.674. The Morgan fingerprint density at radius 1 is 1.11 bits per heavy atom. The van der Waals surface area contributed by atoms with Crippen LogP contribution in [0, 0.1) is 0 Å². The van der Waals surface area contributed by atoms with Gasteiger partial charge in [-0.3, -0.25) is 4.79 Å². The molecule has 0 radical (unpaired) electrons. The molecule has 28 heavy (non-hydrogen) atoms. The maximum atomic E-state index is 13.0. The Morgan fingerprint density at radius 2 is 1.71 bits per heavy atom. The monoisotopic (exact) mass is 404 g/mol. The van der Waals surface area contributed by atoms with Crippen molar-refractivity contribution < 1.29 is 17.9 Å². The van der Waals surface area contributed by atoms with Crippen molar-refractivity contribution in [2.45, 2.75) is 37.6 Å². The second-order valence-electron chi connectivity index (χ2n) is 7.65. The molecule has 0 aliphatic carbocycles. The third-order valence-electron chi connectivity index (χ3n) is 4.58. The molecule has 0 atom stereocenters. The number of methoxy groups -OCH3 is 1. The summed E-state index contributed by atoms with van der Waals surface area (Å²) in [6, 6.07) is 12.2. The number of hydrogen-bond donors (Lipinski definition) is 1. The number of ether oxygens (including phenoxy) is 1. The minimum Gasteiger partial charge on any atom is -0.496 e. The summed E-state index contributed by atoms with van der Waals surface area (Å²) in [6.07, 6.45) is 0. The van der Waals surface area contributed by atoms with Gasteiger partial charge in [-0.05, 0) is 34.7 Å². The van der Waals surface area contributed by atoms with Gasteiger partial charge in [-0.15, -0.1) is 0 Å². The molecule has 0 bridgehead atoms. The van der Waals surface area contributed by atoms with E-state index >= 15 is 0 Å². The summed E-state index contributed by atoms with van der Waals surface area (Å²) in [5.41, 5.74) is 2.29. The van der Waals surface area contributed by atoms with Crippen molar-refractivity contribution in [2.75, 3.05) is 21.2 Å². The quantitative estimate of drug-likeness (QED) is 0.802. The van der Waals surface area contributed by atoms with Gasteiger partial charge in [0.15, 0.2) is 0 Å². The summed E-state index contributed by atoms with van der Waals surface area (Å²) in [6.45, 7) is 6.62. The Hall–Kier alpha value is -2.38. The van der Waals surface area contributed by atoms with Gasteiger partial charge in [-0.25, -0.2) is 8.42 Å². The summed E-state index contributed by atoms with van der Waals surface area (Å²) in [5.74, 6) is -0.0898. The fourth-order valence-electron chi connectivity index (χ4n) is 2.79. The first-order valence-corrected chi connectivity index (χ1v) is 10.4. The molecule has 0 aliphatic heterocycles. The highest BCUT2D eigenvalue weighted by Gasteiger charge is 2.24. The zero-order chi connectivity index (χ0) is 21.1. The molecule has 0 unspecified atom stereocenters. The molecule has 0 fully saturated rings. The van der Waals surface area contributed by atoms with E-state index in [9.17, 15) is 13.2 Å². The minimum atomic E-state index is -3.77. The van der Waals surface area contributed by atoms with Crippen LogP contribution in [0.3, 0.4) is 0 Å². The van der Waals surface area contributed by atoms with Gasteiger partial charge in [0, 0.05) is 20.6 Å². The number of carbonyl (C=O) groups is 1. The van der Waals surface area contributed by atoms with E-state index in [-0.39, 0.29) is 22.4 Å². The van der Waals surface area contributed by atoms with Crippen LogP contribution >= 0.6 is 0 Å². The van der Waals surface area contributed by atoms with Gasteiger partial charge in [0.05, 0.1) is 17.6 Å². The zero-order valence-corrected chi connectivity index (χ0v) is 18.1. The largest absolute Gasteiger partial charge is 0.496 e. The van der Waals surface area contributed by atoms with Gasteiger partial charge >= 0.3 is 0 Å². The van der Waals surface area contributed by atoms with E-state index < -0.39 is 15.9 Å². The molecule has 0 aliphatic rings. The van der Waals surface area contributed by atoms with Crippen LogP contribution in [0.25, 0.3) is 0 Å². The predicted octanol–water partition coefficient (Wildman–Crippen LogP) is 3.17. The molecule has 152 valence electrons. The van der Waals surface area contributed by atoms with Crippen molar-refractivity contribution in [3.8, 4) is 5.75 Å². The molecule has 0 aromatic heterocycles. The summed E-state index contributed by atoms with van der Waals surface area (Å²) in [4.78, 5) is 12.1. The van der Waals surface area contributed by atoms with Gasteiger partial charge in [-0.2, -0.15) is 4.31 Å². The van der Waals surface area contributed by atoms with E-state index in [0.717, 1.165) is 5.56 Å². The predicted molar refractivity (Wildman–Crippen MR) is 110 cm³/mol. The van der Waals surface area contributed by atoms with Gasteiger partial charge in [0.25, 0.3) is 5.91 Å². The summed E-state index contributed by atoms with van der Waals surface area (Å²) in [5, 5.41) is 2.49. The number of amides is 1. The third kappa shape index (κ3) is 4.72. The lowest BCUT2D eigenvalue weighted by molar-refractivity contribution is 0.0960. The average Bonchev–Trinajstić information content (AvgIpc) is 2.66. The van der Waals surface area contributed by atoms with E-state index in [0.29, 0.717) is 5.75 Å². The Bertz CT molecular complexity index is 945. The summed E-state index contributed by atoms with van der Waals surface area (Å²) < 4.78 is 32.4. The molecule has 1 amide bonds. The fraction of sp³-hybridized carbons (Fsp3) is 0.381. The van der Waals surface area contributed by atoms with E-state index in [2.05, 4.69) is 26.1 Å². The zero-order valence-electron chi connectivity index (χ0n) is 17.2. The first-order chi connectivity index (χ1) is 13.0. The molecule has 0 heterocycles. The molecular weight excluding hydrogens is 376 g/mol. The molecule has 7 heteroatoms. The lowest BCUT2D eigenvalue weighted by Gasteiger charge is -2.21. The van der Waals surface area contributed by atoms with Crippen LogP contribution in [0.1, 0.15) is 42.3 Å². The van der Waals surface area contributed by atoms with Crippen molar-refractivity contribution in [3.63, 3.8) is 0 Å². The van der Waals surface area contributed by atoms with Crippen LogP contribution in [-0.4, -0.2) is 39.8 Å². The Balaban J connectivity index is 2.30. The minimum absolute atomic E-state index is 0.0376. The molecule has 0 saturated heterocycles. The number of carbonyl (C=O) groups excluding carboxylic acids is 1. The van der Waals surface area contributed by atoms with E-state index in [1.165, 1.54) is 49.3 Å². The Morgan fingerprint density at radius 3 is 2.21 bits per heavy atom. The number of sulfonamides is 1.